The van der Waals surface area contributed by atoms with Crippen LogP contribution >= 0.6 is 11.8 Å². The van der Waals surface area contributed by atoms with E-state index in [0.29, 0.717) is 16.3 Å². The third kappa shape index (κ3) is 4.60. The van der Waals surface area contributed by atoms with Crippen LogP contribution < -0.4 is 5.32 Å². The van der Waals surface area contributed by atoms with Gasteiger partial charge in [-0.3, -0.25) is 4.79 Å². The first-order valence-electron chi connectivity index (χ1n) is 7.33. The van der Waals surface area contributed by atoms with Gasteiger partial charge in [-0.15, -0.1) is 16.9 Å². The highest BCUT2D eigenvalue weighted by Gasteiger charge is 2.06. The minimum atomic E-state index is -0.892. The molecule has 1 aromatic heterocycles. The Labute approximate surface area is 146 Å². The van der Waals surface area contributed by atoms with Crippen LogP contribution in [0.15, 0.2) is 53.7 Å². The molecule has 1 N–H and O–H groups in total. The van der Waals surface area contributed by atoms with Crippen molar-refractivity contribution < 1.29 is 13.6 Å². The van der Waals surface area contributed by atoms with E-state index in [1.807, 2.05) is 0 Å². The van der Waals surface area contributed by atoms with Crippen LogP contribution in [0.25, 0.3) is 5.69 Å². The molecule has 2 aromatic carbocycles. The summed E-state index contributed by atoms with van der Waals surface area (Å²) in [6, 6.07) is 10.7. The molecule has 0 bridgehead atoms. The molecule has 0 spiro atoms. The van der Waals surface area contributed by atoms with Gasteiger partial charge in [0.05, 0.1) is 5.69 Å². The maximum absolute atomic E-state index is 13.1. The molecule has 0 atom stereocenters. The lowest BCUT2D eigenvalue weighted by Gasteiger charge is -2.06. The number of carbonyl (C=O) groups is 1. The van der Waals surface area contributed by atoms with E-state index >= 15 is 0 Å². The normalized spacial score (nSPS) is 10.6. The standard InChI is InChI=1S/C16H13F2N5OS/c17-14-6-5-13(9-15(14)18)25-8-7-16(24)20-11-1-3-12(4-2-11)23-10-19-21-22-23/h1-6,9-10H,7-8H2,(H,20,24). The number of amides is 1. The molecule has 0 saturated carbocycles. The van der Waals surface area contributed by atoms with Gasteiger partial charge in [-0.2, -0.15) is 0 Å². The molecular formula is C16H13F2N5OS. The molecule has 0 aliphatic heterocycles. The molecule has 3 aromatic rings. The van der Waals surface area contributed by atoms with Gasteiger partial charge in [0.25, 0.3) is 0 Å². The molecule has 25 heavy (non-hydrogen) atoms. The van der Waals surface area contributed by atoms with Crippen molar-refractivity contribution in [2.75, 3.05) is 11.1 Å². The summed E-state index contributed by atoms with van der Waals surface area (Å²) in [6.07, 6.45) is 1.72. The number of hydrogen-bond donors (Lipinski definition) is 1. The van der Waals surface area contributed by atoms with Crippen molar-refractivity contribution in [3.63, 3.8) is 0 Å². The fourth-order valence-corrected chi connectivity index (χ4v) is 2.90. The van der Waals surface area contributed by atoms with Crippen LogP contribution in [0, 0.1) is 11.6 Å². The summed E-state index contributed by atoms with van der Waals surface area (Å²) in [5, 5.41) is 13.7. The predicted octanol–water partition coefficient (Wildman–Crippen LogP) is 3.06. The highest BCUT2D eigenvalue weighted by Crippen LogP contribution is 2.21. The monoisotopic (exact) mass is 361 g/mol. The number of tetrazole rings is 1. The van der Waals surface area contributed by atoms with Crippen LogP contribution in [0.4, 0.5) is 14.5 Å². The summed E-state index contributed by atoms with van der Waals surface area (Å²) in [5.41, 5.74) is 1.43. The Bertz CT molecular complexity index is 855. The summed E-state index contributed by atoms with van der Waals surface area (Å²) in [4.78, 5) is 12.5. The second kappa shape index (κ2) is 7.84. The lowest BCUT2D eigenvalue weighted by Crippen LogP contribution is -2.12. The van der Waals surface area contributed by atoms with Crippen molar-refractivity contribution in [1.82, 2.24) is 20.2 Å². The van der Waals surface area contributed by atoms with Crippen molar-refractivity contribution in [3.05, 3.63) is 60.4 Å². The van der Waals surface area contributed by atoms with Gasteiger partial charge in [-0.05, 0) is 52.9 Å². The SMILES string of the molecule is O=C(CCSc1ccc(F)c(F)c1)Nc1ccc(-n2cnnn2)cc1. The first kappa shape index (κ1) is 17.0. The van der Waals surface area contributed by atoms with Crippen molar-refractivity contribution in [2.24, 2.45) is 0 Å². The van der Waals surface area contributed by atoms with E-state index in [4.69, 9.17) is 0 Å². The van der Waals surface area contributed by atoms with E-state index < -0.39 is 11.6 Å². The molecule has 0 unspecified atom stereocenters. The van der Waals surface area contributed by atoms with Crippen LogP contribution in [0.3, 0.4) is 0 Å². The number of nitrogens with zero attached hydrogens (tertiary/aromatic N) is 4. The Hall–Kier alpha value is -2.81. The molecule has 3 rings (SSSR count). The van der Waals surface area contributed by atoms with Crippen molar-refractivity contribution in [3.8, 4) is 5.69 Å². The Morgan fingerprint density at radius 2 is 1.92 bits per heavy atom. The summed E-state index contributed by atoms with van der Waals surface area (Å²) in [6.45, 7) is 0. The van der Waals surface area contributed by atoms with Gasteiger partial charge in [-0.1, -0.05) is 0 Å². The number of benzene rings is 2. The van der Waals surface area contributed by atoms with Crippen molar-refractivity contribution in [2.45, 2.75) is 11.3 Å². The predicted molar refractivity (Wildman–Crippen MR) is 89.5 cm³/mol. The Morgan fingerprint density at radius 3 is 2.60 bits per heavy atom. The fourth-order valence-electron chi connectivity index (χ4n) is 2.03. The zero-order valence-electron chi connectivity index (χ0n) is 12.9. The van der Waals surface area contributed by atoms with E-state index in [2.05, 4.69) is 20.8 Å². The van der Waals surface area contributed by atoms with Crippen LogP contribution in [0.2, 0.25) is 0 Å². The third-order valence-corrected chi connectivity index (χ3v) is 4.25. The Kier molecular flexibility index (Phi) is 5.34. The smallest absolute Gasteiger partial charge is 0.225 e. The number of thioether (sulfide) groups is 1. The van der Waals surface area contributed by atoms with Gasteiger partial charge >= 0.3 is 0 Å². The second-order valence-corrected chi connectivity index (χ2v) is 6.19. The largest absolute Gasteiger partial charge is 0.326 e. The summed E-state index contributed by atoms with van der Waals surface area (Å²) in [5.74, 6) is -1.48. The summed E-state index contributed by atoms with van der Waals surface area (Å²) in [7, 11) is 0. The van der Waals surface area contributed by atoms with Gasteiger partial charge in [0.15, 0.2) is 11.6 Å². The molecule has 0 fully saturated rings. The van der Waals surface area contributed by atoms with E-state index in [1.165, 1.54) is 28.8 Å². The number of nitrogens with one attached hydrogen (secondary N) is 1. The van der Waals surface area contributed by atoms with E-state index in [1.54, 1.807) is 24.3 Å². The van der Waals surface area contributed by atoms with Crippen LogP contribution in [-0.4, -0.2) is 31.9 Å². The summed E-state index contributed by atoms with van der Waals surface area (Å²) >= 11 is 1.29. The Morgan fingerprint density at radius 1 is 1.12 bits per heavy atom. The van der Waals surface area contributed by atoms with E-state index in [0.717, 1.165) is 17.8 Å². The van der Waals surface area contributed by atoms with Gasteiger partial charge in [0.2, 0.25) is 5.91 Å². The first-order valence-corrected chi connectivity index (χ1v) is 8.31. The Balaban J connectivity index is 1.48. The second-order valence-electron chi connectivity index (χ2n) is 5.02. The number of carbonyl (C=O) groups excluding carboxylic acids is 1. The molecular weight excluding hydrogens is 348 g/mol. The van der Waals surface area contributed by atoms with E-state index in [9.17, 15) is 13.6 Å². The maximum atomic E-state index is 13.1. The average molecular weight is 361 g/mol. The molecule has 0 saturated heterocycles. The number of halogens is 2. The average Bonchev–Trinajstić information content (AvgIpc) is 3.13. The first-order chi connectivity index (χ1) is 12.1. The molecule has 0 aliphatic carbocycles. The topological polar surface area (TPSA) is 72.7 Å². The lowest BCUT2D eigenvalue weighted by molar-refractivity contribution is -0.115. The van der Waals surface area contributed by atoms with Gasteiger partial charge < -0.3 is 5.32 Å². The van der Waals surface area contributed by atoms with Crippen molar-refractivity contribution in [1.29, 1.82) is 0 Å². The number of aromatic nitrogens is 4. The fraction of sp³-hybridized carbons (Fsp3) is 0.125. The molecule has 128 valence electrons. The summed E-state index contributed by atoms with van der Waals surface area (Å²) < 4.78 is 27.5. The molecule has 9 heteroatoms. The lowest BCUT2D eigenvalue weighted by atomic mass is 10.2. The van der Waals surface area contributed by atoms with Gasteiger partial charge in [0, 0.05) is 22.8 Å². The third-order valence-electron chi connectivity index (χ3n) is 3.25. The molecule has 6 nitrogen and oxygen atoms in total. The number of hydrogen-bond acceptors (Lipinski definition) is 5. The highest BCUT2D eigenvalue weighted by molar-refractivity contribution is 7.99. The number of rotatable bonds is 6. The van der Waals surface area contributed by atoms with Crippen LogP contribution in [-0.2, 0) is 4.79 Å². The van der Waals surface area contributed by atoms with Crippen LogP contribution in [0.1, 0.15) is 6.42 Å². The van der Waals surface area contributed by atoms with Crippen molar-refractivity contribution >= 4 is 23.4 Å². The number of anilines is 1. The maximum Gasteiger partial charge on any atom is 0.225 e. The quantitative estimate of drug-likeness (QED) is 0.683. The molecule has 1 heterocycles. The minimum Gasteiger partial charge on any atom is -0.326 e. The molecule has 0 aliphatic rings. The highest BCUT2D eigenvalue weighted by atomic mass is 32.2. The van der Waals surface area contributed by atoms with E-state index in [-0.39, 0.29) is 12.3 Å². The van der Waals surface area contributed by atoms with Crippen LogP contribution in [0.5, 0.6) is 0 Å². The molecule has 1 amide bonds. The molecule has 0 radical (unpaired) electrons. The zero-order chi connectivity index (χ0) is 17.6. The van der Waals surface area contributed by atoms with Gasteiger partial charge in [0.1, 0.15) is 6.33 Å². The van der Waals surface area contributed by atoms with Gasteiger partial charge in [-0.25, -0.2) is 13.5 Å². The minimum absolute atomic E-state index is 0.162. The zero-order valence-corrected chi connectivity index (χ0v) is 13.7.